The van der Waals surface area contributed by atoms with E-state index in [2.05, 4.69) is 5.32 Å². The molecule has 1 aromatic carbocycles. The van der Waals surface area contributed by atoms with Crippen molar-refractivity contribution in [2.45, 2.75) is 25.7 Å². The summed E-state index contributed by atoms with van der Waals surface area (Å²) in [6, 6.07) is 7.80. The molecule has 0 radical (unpaired) electrons. The second kappa shape index (κ2) is 4.24. The highest BCUT2D eigenvalue weighted by atomic mass is 16.3. The van der Waals surface area contributed by atoms with Crippen molar-refractivity contribution in [3.05, 3.63) is 36.1 Å². The molecule has 1 heterocycles. The number of hydrogen-bond donors (Lipinski definition) is 1. The van der Waals surface area contributed by atoms with Crippen molar-refractivity contribution in [1.29, 1.82) is 0 Å². The fourth-order valence-electron chi connectivity index (χ4n) is 2.15. The van der Waals surface area contributed by atoms with Crippen molar-refractivity contribution in [3.8, 4) is 0 Å². The van der Waals surface area contributed by atoms with Gasteiger partial charge in [-0.15, -0.1) is 0 Å². The molecule has 3 nitrogen and oxygen atoms in total. The Labute approximate surface area is 101 Å². The molecule has 1 N–H and O–H groups in total. The quantitative estimate of drug-likeness (QED) is 0.882. The van der Waals surface area contributed by atoms with Crippen LogP contribution in [0.25, 0.3) is 11.0 Å². The predicted molar refractivity (Wildman–Crippen MR) is 67.9 cm³/mol. The van der Waals surface area contributed by atoms with Crippen LogP contribution in [0, 0.1) is 0 Å². The van der Waals surface area contributed by atoms with Crippen LogP contribution in [0.15, 0.2) is 34.9 Å². The topological polar surface area (TPSA) is 42.2 Å². The van der Waals surface area contributed by atoms with Crippen LogP contribution < -0.4 is 5.32 Å². The lowest BCUT2D eigenvalue weighted by Crippen LogP contribution is -2.39. The minimum absolute atomic E-state index is 0.0200. The predicted octanol–water partition coefficient (Wildman–Crippen LogP) is 2.85. The van der Waals surface area contributed by atoms with Crippen LogP contribution in [-0.4, -0.2) is 13.0 Å². The molecule has 3 heteroatoms. The number of carbonyl (C=O) groups is 1. The first-order chi connectivity index (χ1) is 8.13. The minimum atomic E-state index is -0.540. The summed E-state index contributed by atoms with van der Waals surface area (Å²) in [5.41, 5.74) is 1.24. The van der Waals surface area contributed by atoms with Gasteiger partial charge in [0.15, 0.2) is 0 Å². The molecule has 90 valence electrons. The minimum Gasteiger partial charge on any atom is -0.464 e. The van der Waals surface area contributed by atoms with E-state index in [4.69, 9.17) is 4.42 Å². The molecule has 0 saturated heterocycles. The second-order valence-corrected chi connectivity index (χ2v) is 4.41. The van der Waals surface area contributed by atoms with E-state index in [1.54, 1.807) is 13.3 Å². The zero-order valence-electron chi connectivity index (χ0n) is 10.4. The van der Waals surface area contributed by atoms with Crippen molar-refractivity contribution < 1.29 is 9.21 Å². The van der Waals surface area contributed by atoms with Crippen LogP contribution >= 0.6 is 0 Å². The number of likely N-dealkylation sites (N-methyl/N-ethyl adjacent to an activating group) is 1. The van der Waals surface area contributed by atoms with E-state index in [-0.39, 0.29) is 5.91 Å². The molecule has 0 saturated carbocycles. The third-order valence-electron chi connectivity index (χ3n) is 3.51. The number of nitrogens with one attached hydrogen (secondary N) is 1. The maximum Gasteiger partial charge on any atom is 0.230 e. The summed E-state index contributed by atoms with van der Waals surface area (Å²) in [7, 11) is 1.67. The first-order valence-corrected chi connectivity index (χ1v) is 5.82. The summed E-state index contributed by atoms with van der Waals surface area (Å²) in [6.45, 7) is 3.96. The lowest BCUT2D eigenvalue weighted by molar-refractivity contribution is -0.125. The van der Waals surface area contributed by atoms with Gasteiger partial charge in [0, 0.05) is 18.0 Å². The van der Waals surface area contributed by atoms with Crippen molar-refractivity contribution in [1.82, 2.24) is 5.32 Å². The lowest BCUT2D eigenvalue weighted by Gasteiger charge is -2.25. The number of furan rings is 1. The van der Waals surface area contributed by atoms with Crippen LogP contribution in [0.4, 0.5) is 0 Å². The van der Waals surface area contributed by atoms with Crippen molar-refractivity contribution in [2.75, 3.05) is 7.05 Å². The largest absolute Gasteiger partial charge is 0.464 e. The fourth-order valence-corrected chi connectivity index (χ4v) is 2.15. The molecule has 1 atom stereocenters. The van der Waals surface area contributed by atoms with Gasteiger partial charge in [0.25, 0.3) is 0 Å². The highest BCUT2D eigenvalue weighted by molar-refractivity contribution is 5.93. The fraction of sp³-hybridized carbons (Fsp3) is 0.357. The molecule has 2 aromatic rings. The molecule has 0 spiro atoms. The zero-order chi connectivity index (χ0) is 12.5. The van der Waals surface area contributed by atoms with Gasteiger partial charge in [-0.25, -0.2) is 0 Å². The standard InChI is InChI=1S/C14H17NO2/c1-4-14(2,13(16)15-3)11-9-17-12-8-6-5-7-10(11)12/h5-9H,4H2,1-3H3,(H,15,16). The van der Waals surface area contributed by atoms with Crippen LogP contribution in [0.5, 0.6) is 0 Å². The van der Waals surface area contributed by atoms with Gasteiger partial charge in [-0.05, 0) is 19.4 Å². The van der Waals surface area contributed by atoms with E-state index in [0.29, 0.717) is 0 Å². The van der Waals surface area contributed by atoms with Crippen LogP contribution in [-0.2, 0) is 10.2 Å². The third kappa shape index (κ3) is 1.71. The monoisotopic (exact) mass is 231 g/mol. The van der Waals surface area contributed by atoms with E-state index in [1.165, 1.54) is 0 Å². The highest BCUT2D eigenvalue weighted by Crippen LogP contribution is 2.34. The Balaban J connectivity index is 2.61. The van der Waals surface area contributed by atoms with Crippen molar-refractivity contribution >= 4 is 16.9 Å². The molecular weight excluding hydrogens is 214 g/mol. The van der Waals surface area contributed by atoms with Gasteiger partial charge in [0.1, 0.15) is 5.58 Å². The molecule has 17 heavy (non-hydrogen) atoms. The van der Waals surface area contributed by atoms with Gasteiger partial charge >= 0.3 is 0 Å². The Morgan fingerprint density at radius 2 is 2.12 bits per heavy atom. The zero-order valence-corrected chi connectivity index (χ0v) is 10.4. The SMILES string of the molecule is CCC(C)(C(=O)NC)c1coc2ccccc12. The second-order valence-electron chi connectivity index (χ2n) is 4.41. The first kappa shape index (κ1) is 11.7. The van der Waals surface area contributed by atoms with Crippen molar-refractivity contribution in [2.24, 2.45) is 0 Å². The molecule has 0 aliphatic carbocycles. The molecule has 0 aliphatic heterocycles. The highest BCUT2D eigenvalue weighted by Gasteiger charge is 2.35. The average molecular weight is 231 g/mol. The number of carbonyl (C=O) groups excluding carboxylic acids is 1. The molecule has 1 amide bonds. The number of benzene rings is 1. The molecule has 0 fully saturated rings. The molecule has 0 bridgehead atoms. The lowest BCUT2D eigenvalue weighted by atomic mass is 9.79. The number of hydrogen-bond acceptors (Lipinski definition) is 2. The van der Waals surface area contributed by atoms with E-state index < -0.39 is 5.41 Å². The number of fused-ring (bicyclic) bond motifs is 1. The average Bonchev–Trinajstić information content (AvgIpc) is 2.81. The molecule has 1 unspecified atom stereocenters. The summed E-state index contributed by atoms with van der Waals surface area (Å²) in [4.78, 5) is 12.1. The Morgan fingerprint density at radius 1 is 1.41 bits per heavy atom. The maximum absolute atomic E-state index is 12.1. The van der Waals surface area contributed by atoms with E-state index in [1.807, 2.05) is 38.1 Å². The molecule has 0 aliphatic rings. The van der Waals surface area contributed by atoms with Crippen LogP contribution in [0.1, 0.15) is 25.8 Å². The van der Waals surface area contributed by atoms with Gasteiger partial charge in [0.05, 0.1) is 11.7 Å². The van der Waals surface area contributed by atoms with Gasteiger partial charge in [-0.3, -0.25) is 4.79 Å². The Bertz CT molecular complexity index is 544. The normalized spacial score (nSPS) is 14.5. The summed E-state index contributed by atoms with van der Waals surface area (Å²) >= 11 is 0. The smallest absolute Gasteiger partial charge is 0.230 e. The third-order valence-corrected chi connectivity index (χ3v) is 3.51. The van der Waals surface area contributed by atoms with Crippen molar-refractivity contribution in [3.63, 3.8) is 0 Å². The number of amides is 1. The van der Waals surface area contributed by atoms with Crippen LogP contribution in [0.2, 0.25) is 0 Å². The van der Waals surface area contributed by atoms with E-state index in [9.17, 15) is 4.79 Å². The molecule has 1 aromatic heterocycles. The summed E-state index contributed by atoms with van der Waals surface area (Å²) in [6.07, 6.45) is 2.43. The summed E-state index contributed by atoms with van der Waals surface area (Å²) in [5, 5.41) is 3.74. The van der Waals surface area contributed by atoms with Gasteiger partial charge < -0.3 is 9.73 Å². The van der Waals surface area contributed by atoms with Gasteiger partial charge in [0.2, 0.25) is 5.91 Å². The summed E-state index contributed by atoms with van der Waals surface area (Å²) < 4.78 is 5.51. The first-order valence-electron chi connectivity index (χ1n) is 5.82. The maximum atomic E-state index is 12.1. The number of rotatable bonds is 3. The van der Waals surface area contributed by atoms with E-state index >= 15 is 0 Å². The Morgan fingerprint density at radius 3 is 2.76 bits per heavy atom. The van der Waals surface area contributed by atoms with E-state index in [0.717, 1.165) is 23.0 Å². The Kier molecular flexibility index (Phi) is 2.92. The molecular formula is C14H17NO2. The number of para-hydroxylation sites is 1. The Hall–Kier alpha value is -1.77. The molecule has 2 rings (SSSR count). The summed E-state index contributed by atoms with van der Waals surface area (Å²) in [5.74, 6) is 0.0200. The van der Waals surface area contributed by atoms with Crippen LogP contribution in [0.3, 0.4) is 0 Å². The van der Waals surface area contributed by atoms with Gasteiger partial charge in [-0.2, -0.15) is 0 Å². The van der Waals surface area contributed by atoms with Gasteiger partial charge in [-0.1, -0.05) is 25.1 Å².